The van der Waals surface area contributed by atoms with Crippen LogP contribution < -0.4 is 15.5 Å². The van der Waals surface area contributed by atoms with Crippen molar-refractivity contribution in [2.75, 3.05) is 37.0 Å². The lowest BCUT2D eigenvalue weighted by Gasteiger charge is -2.37. The zero-order chi connectivity index (χ0) is 26.3. The van der Waals surface area contributed by atoms with Crippen LogP contribution in [0.3, 0.4) is 0 Å². The molecule has 0 aromatic carbocycles. The second-order valence-electron chi connectivity index (χ2n) is 10.1. The maximum Gasteiger partial charge on any atom is 0.192 e. The van der Waals surface area contributed by atoms with E-state index >= 15 is 0 Å². The average molecular weight is 507 g/mol. The largest absolute Gasteiger partial charge is 0.415 e. The molecule has 3 N–H and O–H groups in total. The second-order valence-corrected chi connectivity index (χ2v) is 14.9. The van der Waals surface area contributed by atoms with Crippen molar-refractivity contribution in [3.8, 4) is 0 Å². The lowest BCUT2D eigenvalue weighted by atomic mass is 10.1. The van der Waals surface area contributed by atoms with E-state index in [9.17, 15) is 0 Å². The van der Waals surface area contributed by atoms with Gasteiger partial charge in [-0.2, -0.15) is 5.10 Å². The van der Waals surface area contributed by atoms with Crippen LogP contribution >= 0.6 is 0 Å². The third-order valence-corrected chi connectivity index (χ3v) is 11.1. The van der Waals surface area contributed by atoms with Crippen molar-refractivity contribution < 1.29 is 4.43 Å². The molecule has 0 unspecified atom stereocenters. The Bertz CT molecular complexity index is 1220. The van der Waals surface area contributed by atoms with Gasteiger partial charge in [0.15, 0.2) is 14.1 Å². The van der Waals surface area contributed by atoms with Gasteiger partial charge < -0.3 is 25.4 Å². The standard InChI is InChI=1S/C26H38N8OSi/c1-8-34(11-12-35-36(6,7)26(2,3)4)21-14-25(33-30-18-21)32-24-10-9-22-23(31-24)13-19(17-29-22)20(15-27)16-28-5/h9-10,13-18,27-28H,8,11-12H2,1-7H3,(H,31,32,33)/b20-16+,27-15?. The summed E-state index contributed by atoms with van der Waals surface area (Å²) in [6.07, 6.45) is 6.57. The minimum Gasteiger partial charge on any atom is -0.415 e. The molecule has 0 amide bonds. The summed E-state index contributed by atoms with van der Waals surface area (Å²) in [5.41, 5.74) is 4.02. The summed E-state index contributed by atoms with van der Waals surface area (Å²) in [6, 6.07) is 7.68. The van der Waals surface area contributed by atoms with Crippen LogP contribution in [-0.2, 0) is 4.43 Å². The third-order valence-electron chi connectivity index (χ3n) is 6.60. The molecule has 0 bridgehead atoms. The normalized spacial score (nSPS) is 12.5. The van der Waals surface area contributed by atoms with Crippen LogP contribution in [-0.4, -0.2) is 61.4 Å². The van der Waals surface area contributed by atoms with E-state index in [1.807, 2.05) is 24.3 Å². The molecule has 0 aliphatic carbocycles. The highest BCUT2D eigenvalue weighted by Gasteiger charge is 2.37. The highest BCUT2D eigenvalue weighted by Crippen LogP contribution is 2.36. The molecule has 3 rings (SSSR count). The van der Waals surface area contributed by atoms with E-state index in [0.29, 0.717) is 18.2 Å². The van der Waals surface area contributed by atoms with E-state index < -0.39 is 8.32 Å². The van der Waals surface area contributed by atoms with Gasteiger partial charge in [0.05, 0.1) is 29.5 Å². The molecule has 3 aromatic rings. The number of allylic oxidation sites excluding steroid dienone is 1. The van der Waals surface area contributed by atoms with Gasteiger partial charge in [0.25, 0.3) is 0 Å². The van der Waals surface area contributed by atoms with Gasteiger partial charge in [-0.15, -0.1) is 5.10 Å². The summed E-state index contributed by atoms with van der Waals surface area (Å²) in [6.45, 7) is 15.7. The van der Waals surface area contributed by atoms with Gasteiger partial charge in [0.1, 0.15) is 5.82 Å². The lowest BCUT2D eigenvalue weighted by molar-refractivity contribution is 0.294. The van der Waals surface area contributed by atoms with Crippen molar-refractivity contribution in [2.45, 2.75) is 45.8 Å². The first-order chi connectivity index (χ1) is 17.1. The van der Waals surface area contributed by atoms with E-state index in [-0.39, 0.29) is 5.04 Å². The topological polar surface area (TPSA) is 112 Å². The number of hydrogen-bond donors (Lipinski definition) is 3. The monoisotopic (exact) mass is 506 g/mol. The van der Waals surface area contributed by atoms with E-state index in [0.717, 1.165) is 40.9 Å². The first kappa shape index (κ1) is 27.2. The minimum atomic E-state index is -1.79. The van der Waals surface area contributed by atoms with Gasteiger partial charge in [0.2, 0.25) is 0 Å². The fraction of sp³-hybridized carbons (Fsp3) is 0.423. The fourth-order valence-corrected chi connectivity index (χ4v) is 4.45. The Morgan fingerprint density at radius 3 is 2.58 bits per heavy atom. The molecule has 0 fully saturated rings. The van der Waals surface area contributed by atoms with E-state index in [4.69, 9.17) is 14.8 Å². The van der Waals surface area contributed by atoms with Crippen LogP contribution in [0.2, 0.25) is 18.1 Å². The van der Waals surface area contributed by atoms with Crippen LogP contribution in [0.5, 0.6) is 0 Å². The minimum absolute atomic E-state index is 0.187. The van der Waals surface area contributed by atoms with Crippen molar-refractivity contribution in [3.63, 3.8) is 0 Å². The number of pyridine rings is 2. The Balaban J connectivity index is 1.75. The van der Waals surface area contributed by atoms with Crippen molar-refractivity contribution >= 4 is 48.5 Å². The van der Waals surface area contributed by atoms with Gasteiger partial charge in [-0.05, 0) is 43.3 Å². The number of likely N-dealkylation sites (N-methyl/N-ethyl adjacent to an activating group) is 1. The smallest absolute Gasteiger partial charge is 0.192 e. The van der Waals surface area contributed by atoms with Crippen molar-refractivity contribution in [1.82, 2.24) is 25.5 Å². The molecule has 0 saturated carbocycles. The Labute approximate surface area is 215 Å². The van der Waals surface area contributed by atoms with Crippen LogP contribution in [0.4, 0.5) is 17.3 Å². The van der Waals surface area contributed by atoms with E-state index in [1.165, 1.54) is 6.21 Å². The molecule has 0 atom stereocenters. The highest BCUT2D eigenvalue weighted by molar-refractivity contribution is 6.74. The summed E-state index contributed by atoms with van der Waals surface area (Å²) in [5.74, 6) is 1.26. The number of aromatic nitrogens is 4. The Kier molecular flexibility index (Phi) is 8.75. The number of hydrogen-bond acceptors (Lipinski definition) is 9. The van der Waals surface area contributed by atoms with E-state index in [2.05, 4.69) is 71.5 Å². The zero-order valence-corrected chi connectivity index (χ0v) is 23.4. The maximum absolute atomic E-state index is 7.65. The Hall–Kier alpha value is -3.37. The molecule has 3 heterocycles. The molecule has 10 heteroatoms. The summed E-state index contributed by atoms with van der Waals surface area (Å²) in [4.78, 5) is 11.4. The predicted molar refractivity (Wildman–Crippen MR) is 152 cm³/mol. The molecule has 3 aromatic heterocycles. The van der Waals surface area contributed by atoms with Gasteiger partial charge in [-0.25, -0.2) is 4.98 Å². The molecule has 192 valence electrons. The number of nitrogens with zero attached hydrogens (tertiary/aromatic N) is 5. The van der Waals surface area contributed by atoms with Crippen molar-refractivity contribution in [2.24, 2.45) is 0 Å². The van der Waals surface area contributed by atoms with Crippen LogP contribution in [0, 0.1) is 5.41 Å². The lowest BCUT2D eigenvalue weighted by Crippen LogP contribution is -2.42. The predicted octanol–water partition coefficient (Wildman–Crippen LogP) is 5.22. The third kappa shape index (κ3) is 6.64. The van der Waals surface area contributed by atoms with Crippen molar-refractivity contribution in [3.05, 3.63) is 48.4 Å². The first-order valence-corrected chi connectivity index (χ1v) is 15.1. The average Bonchev–Trinajstić information content (AvgIpc) is 2.84. The quantitative estimate of drug-likeness (QED) is 0.240. The van der Waals surface area contributed by atoms with Crippen LogP contribution in [0.15, 0.2) is 42.9 Å². The van der Waals surface area contributed by atoms with Gasteiger partial charge >= 0.3 is 0 Å². The molecule has 0 spiro atoms. The van der Waals surface area contributed by atoms with Crippen LogP contribution in [0.25, 0.3) is 16.6 Å². The molecular formula is C26H38N8OSi. The summed E-state index contributed by atoms with van der Waals surface area (Å²) in [7, 11) is 0.0119. The molecule has 0 aliphatic heterocycles. The molecule has 0 radical (unpaired) electrons. The number of fused-ring (bicyclic) bond motifs is 1. The Morgan fingerprint density at radius 2 is 1.92 bits per heavy atom. The molecule has 0 saturated heterocycles. The first-order valence-electron chi connectivity index (χ1n) is 12.2. The van der Waals surface area contributed by atoms with Crippen molar-refractivity contribution in [1.29, 1.82) is 5.41 Å². The highest BCUT2D eigenvalue weighted by atomic mass is 28.4. The maximum atomic E-state index is 7.65. The summed E-state index contributed by atoms with van der Waals surface area (Å²) < 4.78 is 6.37. The van der Waals surface area contributed by atoms with Gasteiger partial charge in [-0.3, -0.25) is 4.98 Å². The zero-order valence-electron chi connectivity index (χ0n) is 22.4. The van der Waals surface area contributed by atoms with E-state index in [1.54, 1.807) is 25.6 Å². The molecule has 36 heavy (non-hydrogen) atoms. The Morgan fingerprint density at radius 1 is 1.14 bits per heavy atom. The van der Waals surface area contributed by atoms with Gasteiger partial charge in [-0.1, -0.05) is 20.8 Å². The molecular weight excluding hydrogens is 468 g/mol. The van der Waals surface area contributed by atoms with Gasteiger partial charge in [0, 0.05) is 56.0 Å². The summed E-state index contributed by atoms with van der Waals surface area (Å²) >= 11 is 0. The number of rotatable bonds is 11. The fourth-order valence-electron chi connectivity index (χ4n) is 3.42. The second kappa shape index (κ2) is 11.6. The molecule has 9 nitrogen and oxygen atoms in total. The molecule has 0 aliphatic rings. The number of anilines is 3. The summed E-state index contributed by atoms with van der Waals surface area (Å²) in [5, 5.41) is 22.5. The van der Waals surface area contributed by atoms with Crippen LogP contribution in [0.1, 0.15) is 33.3 Å². The SMILES string of the molecule is CCN(CCO[Si](C)(C)C(C)(C)C)c1cnnc(Nc2ccc3ncc(/C(C=N)=C/NC)cc3n2)c1. The number of nitrogens with one attached hydrogen (secondary N) is 3.